The summed E-state index contributed by atoms with van der Waals surface area (Å²) in [6, 6.07) is 8.20. The maximum Gasteiger partial charge on any atom is 0.230 e. The normalized spacial score (nSPS) is 16.6. The van der Waals surface area contributed by atoms with Gasteiger partial charge in [-0.2, -0.15) is 4.52 Å². The summed E-state index contributed by atoms with van der Waals surface area (Å²) in [6.07, 6.45) is 2.38. The van der Waals surface area contributed by atoms with Gasteiger partial charge in [-0.05, 0) is 57.5 Å². The molecule has 2 aromatic heterocycles. The van der Waals surface area contributed by atoms with Gasteiger partial charge >= 0.3 is 0 Å². The van der Waals surface area contributed by atoms with E-state index in [9.17, 15) is 5.11 Å². The summed E-state index contributed by atoms with van der Waals surface area (Å²) in [5.74, 6) is 1.74. The molecule has 0 amide bonds. The molecule has 0 radical (unpaired) electrons. The van der Waals surface area contributed by atoms with E-state index < -0.39 is 0 Å². The molecule has 25 heavy (non-hydrogen) atoms. The van der Waals surface area contributed by atoms with E-state index >= 15 is 0 Å². The van der Waals surface area contributed by atoms with Crippen LogP contribution in [0.5, 0.6) is 11.6 Å². The number of hydrogen-bond donors (Lipinski definition) is 1. The van der Waals surface area contributed by atoms with Crippen molar-refractivity contribution in [2.75, 3.05) is 19.7 Å². The monoisotopic (exact) mass is 358 g/mol. The van der Waals surface area contributed by atoms with Gasteiger partial charge in [0.2, 0.25) is 10.8 Å². The van der Waals surface area contributed by atoms with E-state index in [1.807, 2.05) is 26.0 Å². The van der Waals surface area contributed by atoms with Gasteiger partial charge in [-0.3, -0.25) is 4.90 Å². The molecular weight excluding hydrogens is 336 g/mol. The topological polar surface area (TPSA) is 62.9 Å². The Labute approximate surface area is 150 Å². The lowest BCUT2D eigenvalue weighted by atomic mass is 10.0. The third-order valence-electron chi connectivity index (χ3n) is 4.57. The van der Waals surface area contributed by atoms with Crippen LogP contribution < -0.4 is 4.74 Å². The van der Waals surface area contributed by atoms with Crippen LogP contribution in [0.3, 0.4) is 0 Å². The Kier molecular flexibility index (Phi) is 4.35. The zero-order valence-electron chi connectivity index (χ0n) is 14.5. The number of nitrogens with zero attached hydrogens (tertiary/aromatic N) is 4. The van der Waals surface area contributed by atoms with Crippen molar-refractivity contribution >= 4 is 16.3 Å². The summed E-state index contributed by atoms with van der Waals surface area (Å²) in [6.45, 7) is 6.54. The number of aromatic nitrogens is 3. The molecule has 1 aliphatic heterocycles. The second-order valence-corrected chi connectivity index (χ2v) is 7.30. The zero-order valence-corrected chi connectivity index (χ0v) is 15.3. The van der Waals surface area contributed by atoms with Crippen LogP contribution in [0.15, 0.2) is 24.3 Å². The number of ether oxygens (including phenoxy) is 1. The van der Waals surface area contributed by atoms with Crippen LogP contribution in [0.25, 0.3) is 4.96 Å². The molecule has 1 aromatic carbocycles. The van der Waals surface area contributed by atoms with Crippen molar-refractivity contribution in [2.24, 2.45) is 0 Å². The fourth-order valence-corrected chi connectivity index (χ4v) is 4.63. The first-order chi connectivity index (χ1) is 12.2. The fraction of sp³-hybridized carbons (Fsp3) is 0.444. The van der Waals surface area contributed by atoms with E-state index in [4.69, 9.17) is 4.74 Å². The maximum absolute atomic E-state index is 10.8. The Bertz CT molecular complexity index is 865. The second-order valence-electron chi connectivity index (χ2n) is 6.29. The number of aryl methyl sites for hydroxylation is 1. The minimum Gasteiger partial charge on any atom is -0.494 e. The first-order valence-electron chi connectivity index (χ1n) is 8.69. The number of rotatable bonds is 5. The predicted octanol–water partition coefficient (Wildman–Crippen LogP) is 3.39. The van der Waals surface area contributed by atoms with Crippen LogP contribution >= 0.6 is 11.3 Å². The van der Waals surface area contributed by atoms with Gasteiger partial charge in [0.1, 0.15) is 11.6 Å². The SMILES string of the molecule is CCOc1ccc([C@@H](c2sc3nc(C)nn3c2O)N2CCCC2)cc1. The number of hydrogen-bond acceptors (Lipinski definition) is 6. The molecule has 0 unspecified atom stereocenters. The highest BCUT2D eigenvalue weighted by Gasteiger charge is 2.30. The van der Waals surface area contributed by atoms with E-state index in [2.05, 4.69) is 27.1 Å². The molecule has 0 saturated carbocycles. The highest BCUT2D eigenvalue weighted by atomic mass is 32.1. The molecule has 1 atom stereocenters. The minimum atomic E-state index is 0.0204. The van der Waals surface area contributed by atoms with Gasteiger partial charge in [0.25, 0.3) is 0 Å². The van der Waals surface area contributed by atoms with Gasteiger partial charge in [-0.25, -0.2) is 4.98 Å². The first kappa shape index (κ1) is 16.4. The summed E-state index contributed by atoms with van der Waals surface area (Å²) in [4.78, 5) is 8.47. The van der Waals surface area contributed by atoms with Crippen LogP contribution in [0.2, 0.25) is 0 Å². The quantitative estimate of drug-likeness (QED) is 0.757. The molecule has 1 N–H and O–H groups in total. The Morgan fingerprint density at radius 1 is 1.24 bits per heavy atom. The van der Waals surface area contributed by atoms with E-state index in [1.165, 1.54) is 24.2 Å². The average Bonchev–Trinajstić information content (AvgIpc) is 3.30. The lowest BCUT2D eigenvalue weighted by Crippen LogP contribution is -2.26. The Balaban J connectivity index is 1.77. The van der Waals surface area contributed by atoms with Crippen LogP contribution in [0.4, 0.5) is 0 Å². The summed E-state index contributed by atoms with van der Waals surface area (Å²) in [5.41, 5.74) is 1.15. The standard InChI is InChI=1S/C18H22N4O2S/c1-3-24-14-8-6-13(7-9-14)15(21-10-4-5-11-21)16-17(23)22-18(25-16)19-12(2)20-22/h6-9,15,23H,3-5,10-11H2,1-2H3/t15-/m0/s1. The minimum absolute atomic E-state index is 0.0204. The summed E-state index contributed by atoms with van der Waals surface area (Å²) in [7, 11) is 0. The molecule has 4 rings (SSSR count). The van der Waals surface area contributed by atoms with Crippen LogP contribution in [-0.4, -0.2) is 44.3 Å². The van der Waals surface area contributed by atoms with Gasteiger partial charge < -0.3 is 9.84 Å². The molecule has 0 spiro atoms. The van der Waals surface area contributed by atoms with Gasteiger partial charge in [0.05, 0.1) is 17.5 Å². The molecule has 0 aliphatic carbocycles. The molecule has 7 heteroatoms. The molecule has 1 saturated heterocycles. The van der Waals surface area contributed by atoms with Crippen molar-refractivity contribution in [2.45, 2.75) is 32.7 Å². The Morgan fingerprint density at radius 2 is 1.96 bits per heavy atom. The zero-order chi connectivity index (χ0) is 17.4. The number of aromatic hydroxyl groups is 1. The Hall–Kier alpha value is -2.12. The van der Waals surface area contributed by atoms with Crippen molar-refractivity contribution in [3.05, 3.63) is 40.5 Å². The average molecular weight is 358 g/mol. The van der Waals surface area contributed by atoms with E-state index in [0.717, 1.165) is 34.2 Å². The fourth-order valence-electron chi connectivity index (χ4n) is 3.47. The molecule has 0 bridgehead atoms. The van der Waals surface area contributed by atoms with Gasteiger partial charge in [0.15, 0.2) is 0 Å². The molecule has 6 nitrogen and oxygen atoms in total. The summed E-state index contributed by atoms with van der Waals surface area (Å²) in [5, 5.41) is 15.1. The van der Waals surface area contributed by atoms with Gasteiger partial charge in [-0.1, -0.05) is 23.5 Å². The third-order valence-corrected chi connectivity index (χ3v) is 5.64. The number of fused-ring (bicyclic) bond motifs is 1. The van der Waals surface area contributed by atoms with Crippen molar-refractivity contribution in [1.29, 1.82) is 0 Å². The third kappa shape index (κ3) is 2.98. The molecule has 3 heterocycles. The maximum atomic E-state index is 10.8. The van der Waals surface area contributed by atoms with Crippen molar-refractivity contribution in [3.63, 3.8) is 0 Å². The van der Waals surface area contributed by atoms with E-state index in [-0.39, 0.29) is 11.9 Å². The lowest BCUT2D eigenvalue weighted by molar-refractivity contribution is 0.276. The summed E-state index contributed by atoms with van der Waals surface area (Å²) < 4.78 is 7.11. The van der Waals surface area contributed by atoms with Gasteiger partial charge in [0, 0.05) is 0 Å². The molecule has 132 valence electrons. The summed E-state index contributed by atoms with van der Waals surface area (Å²) >= 11 is 1.52. The first-order valence-corrected chi connectivity index (χ1v) is 9.51. The number of thiazole rings is 1. The molecular formula is C18H22N4O2S. The highest BCUT2D eigenvalue weighted by molar-refractivity contribution is 7.17. The van der Waals surface area contributed by atoms with Crippen LogP contribution in [0, 0.1) is 6.92 Å². The van der Waals surface area contributed by atoms with E-state index in [0.29, 0.717) is 12.4 Å². The van der Waals surface area contributed by atoms with Crippen molar-refractivity contribution in [3.8, 4) is 11.6 Å². The van der Waals surface area contributed by atoms with Crippen molar-refractivity contribution < 1.29 is 9.84 Å². The van der Waals surface area contributed by atoms with Gasteiger partial charge in [-0.15, -0.1) is 5.10 Å². The highest BCUT2D eigenvalue weighted by Crippen LogP contribution is 2.41. The molecule has 1 aliphatic rings. The van der Waals surface area contributed by atoms with Crippen LogP contribution in [0.1, 0.15) is 42.1 Å². The van der Waals surface area contributed by atoms with Crippen LogP contribution in [-0.2, 0) is 0 Å². The number of benzene rings is 1. The second kappa shape index (κ2) is 6.65. The van der Waals surface area contributed by atoms with Crippen molar-refractivity contribution in [1.82, 2.24) is 19.5 Å². The largest absolute Gasteiger partial charge is 0.494 e. The Morgan fingerprint density at radius 3 is 2.60 bits per heavy atom. The predicted molar refractivity (Wildman–Crippen MR) is 97.5 cm³/mol. The number of likely N-dealkylation sites (tertiary alicyclic amines) is 1. The van der Waals surface area contributed by atoms with E-state index in [1.54, 1.807) is 4.52 Å². The molecule has 1 fully saturated rings. The smallest absolute Gasteiger partial charge is 0.230 e. The lowest BCUT2D eigenvalue weighted by Gasteiger charge is -2.27. The molecule has 3 aromatic rings.